The van der Waals surface area contributed by atoms with Crippen LogP contribution in [0.2, 0.25) is 0 Å². The molecule has 308 valence electrons. The van der Waals surface area contributed by atoms with Crippen LogP contribution in [0.1, 0.15) is 22.7 Å². The van der Waals surface area contributed by atoms with Gasteiger partial charge in [0.1, 0.15) is 5.84 Å². The number of fused-ring (bicyclic) bond motifs is 1. The molecule has 11 rings (SSSR count). The van der Waals surface area contributed by atoms with E-state index in [0.29, 0.717) is 0 Å². The van der Waals surface area contributed by atoms with Crippen LogP contribution in [0.5, 0.6) is 0 Å². The minimum atomic E-state index is -0.0212. The maximum atomic E-state index is 5.21. The first-order valence-electron chi connectivity index (χ1n) is 22.2. The van der Waals surface area contributed by atoms with Gasteiger partial charge in [0.2, 0.25) is 0 Å². The number of nitrogens with zero attached hydrogens (tertiary/aromatic N) is 2. The zero-order valence-corrected chi connectivity index (χ0v) is 35.8. The van der Waals surface area contributed by atoms with Crippen LogP contribution in [0, 0.1) is 0 Å². The number of benzene rings is 10. The molecule has 10 aromatic carbocycles. The molecule has 1 N–H and O–H groups in total. The summed E-state index contributed by atoms with van der Waals surface area (Å²) in [5.74, 6) is 0.853. The third-order valence-electron chi connectivity index (χ3n) is 12.4. The predicted molar refractivity (Wildman–Crippen MR) is 274 cm³/mol. The lowest BCUT2D eigenvalue weighted by Gasteiger charge is -2.27. The summed E-state index contributed by atoms with van der Waals surface area (Å²) in [5, 5.41) is 6.14. The van der Waals surface area contributed by atoms with Crippen molar-refractivity contribution in [1.29, 1.82) is 0 Å². The molecule has 1 aliphatic rings. The van der Waals surface area contributed by atoms with Gasteiger partial charge < -0.3 is 10.2 Å². The highest BCUT2D eigenvalue weighted by Crippen LogP contribution is 2.40. The molecule has 1 unspecified atom stereocenters. The third kappa shape index (κ3) is 8.27. The molecule has 1 atom stereocenters. The fourth-order valence-electron chi connectivity index (χ4n) is 8.89. The maximum Gasteiger partial charge on any atom is 0.134 e. The summed E-state index contributed by atoms with van der Waals surface area (Å²) in [6.45, 7) is 0. The Hall–Kier alpha value is -8.53. The monoisotopic (exact) mass is 831 g/mol. The summed E-state index contributed by atoms with van der Waals surface area (Å²) in [6, 6.07) is 91.0. The van der Waals surface area contributed by atoms with Crippen LogP contribution in [0.15, 0.2) is 266 Å². The standard InChI is InChI=1S/C62H45N3/c1-4-13-44(14-5-1)46-23-25-48(26-24-46)50-35-39-56(40-36-50)65(61-22-12-20-52-17-10-11-21-58(52)61)57-41-37-51(38-42-57)49-29-33-55(34-30-49)62-63-59(53-18-8-3-9-19-53)43-60(64-62)54-31-27-47(28-32-54)45-15-6-2-7-16-45/h1-43,59H,(H,63,64). The van der Waals surface area contributed by atoms with E-state index in [0.717, 1.165) is 50.8 Å². The highest BCUT2D eigenvalue weighted by Gasteiger charge is 2.21. The molecule has 0 saturated heterocycles. The Balaban J connectivity index is 0.880. The molecule has 65 heavy (non-hydrogen) atoms. The van der Waals surface area contributed by atoms with E-state index in [2.05, 4.69) is 271 Å². The van der Waals surface area contributed by atoms with Gasteiger partial charge in [-0.2, -0.15) is 0 Å². The number of amidine groups is 1. The van der Waals surface area contributed by atoms with Crippen molar-refractivity contribution < 1.29 is 0 Å². The minimum Gasteiger partial charge on any atom is -0.359 e. The van der Waals surface area contributed by atoms with E-state index in [4.69, 9.17) is 4.99 Å². The van der Waals surface area contributed by atoms with Crippen molar-refractivity contribution in [2.75, 3.05) is 4.90 Å². The summed E-state index contributed by atoms with van der Waals surface area (Å²) in [7, 11) is 0. The lowest BCUT2D eigenvalue weighted by atomic mass is 9.98. The molecule has 0 aliphatic carbocycles. The molecule has 1 heterocycles. The highest BCUT2D eigenvalue weighted by molar-refractivity contribution is 6.04. The predicted octanol–water partition coefficient (Wildman–Crippen LogP) is 16.1. The summed E-state index contributed by atoms with van der Waals surface area (Å²) in [4.78, 5) is 7.58. The molecular formula is C62H45N3. The molecule has 0 radical (unpaired) electrons. The van der Waals surface area contributed by atoms with E-state index in [1.165, 1.54) is 49.7 Å². The quantitative estimate of drug-likeness (QED) is 0.149. The number of nitrogens with one attached hydrogen (secondary N) is 1. The lowest BCUT2D eigenvalue weighted by molar-refractivity contribution is 0.781. The van der Waals surface area contributed by atoms with Gasteiger partial charge in [0.15, 0.2) is 0 Å². The van der Waals surface area contributed by atoms with Gasteiger partial charge >= 0.3 is 0 Å². The van der Waals surface area contributed by atoms with Crippen molar-refractivity contribution in [2.24, 2.45) is 4.99 Å². The molecule has 0 fully saturated rings. The Morgan fingerprint density at radius 2 is 0.708 bits per heavy atom. The molecular weight excluding hydrogens is 787 g/mol. The molecule has 10 aromatic rings. The molecule has 0 amide bonds. The van der Waals surface area contributed by atoms with Gasteiger partial charge in [-0.3, -0.25) is 0 Å². The van der Waals surface area contributed by atoms with Crippen molar-refractivity contribution in [3.05, 3.63) is 278 Å². The molecule has 0 aromatic heterocycles. The average Bonchev–Trinajstić information content (AvgIpc) is 3.40. The summed E-state index contributed by atoms with van der Waals surface area (Å²) in [6.07, 6.45) is 2.23. The molecule has 1 aliphatic heterocycles. The van der Waals surface area contributed by atoms with Crippen LogP contribution in [0.25, 0.3) is 61.0 Å². The van der Waals surface area contributed by atoms with E-state index >= 15 is 0 Å². The van der Waals surface area contributed by atoms with Crippen molar-refractivity contribution in [3.8, 4) is 44.5 Å². The van der Waals surface area contributed by atoms with Crippen molar-refractivity contribution >= 4 is 39.4 Å². The van der Waals surface area contributed by atoms with Gasteiger partial charge in [0, 0.05) is 22.3 Å². The van der Waals surface area contributed by atoms with Crippen molar-refractivity contribution in [2.45, 2.75) is 6.04 Å². The van der Waals surface area contributed by atoms with E-state index in [1.54, 1.807) is 0 Å². The van der Waals surface area contributed by atoms with Gasteiger partial charge in [0.25, 0.3) is 0 Å². The first-order chi connectivity index (χ1) is 32.2. The summed E-state index contributed by atoms with van der Waals surface area (Å²) >= 11 is 0. The normalized spacial score (nSPS) is 13.4. The summed E-state index contributed by atoms with van der Waals surface area (Å²) < 4.78 is 0. The number of rotatable bonds is 10. The first-order valence-corrected chi connectivity index (χ1v) is 22.2. The number of aliphatic imine (C=N–C) groups is 1. The SMILES string of the molecule is C1=C(c2ccc(-c3ccccc3)cc2)N=C(c2ccc(-c3ccc(N(c4ccc(-c5ccc(-c6ccccc6)cc5)cc4)c4cccc5ccccc45)cc3)cc2)NC1c1ccccc1. The minimum absolute atomic E-state index is 0.0212. The Labute approximate surface area is 381 Å². The van der Waals surface area contributed by atoms with Crippen LogP contribution in [0.4, 0.5) is 17.1 Å². The lowest BCUT2D eigenvalue weighted by Crippen LogP contribution is -2.31. The van der Waals surface area contributed by atoms with Crippen LogP contribution in [0.3, 0.4) is 0 Å². The van der Waals surface area contributed by atoms with Crippen molar-refractivity contribution in [3.63, 3.8) is 0 Å². The maximum absolute atomic E-state index is 5.21. The largest absolute Gasteiger partial charge is 0.359 e. The topological polar surface area (TPSA) is 27.6 Å². The van der Waals surface area contributed by atoms with E-state index in [9.17, 15) is 0 Å². The molecule has 0 spiro atoms. The van der Waals surface area contributed by atoms with Crippen LogP contribution in [-0.2, 0) is 0 Å². The Kier molecular flexibility index (Phi) is 10.7. The smallest absolute Gasteiger partial charge is 0.134 e. The van der Waals surface area contributed by atoms with Gasteiger partial charge in [-0.25, -0.2) is 4.99 Å². The van der Waals surface area contributed by atoms with Gasteiger partial charge in [-0.1, -0.05) is 224 Å². The van der Waals surface area contributed by atoms with Crippen LogP contribution >= 0.6 is 0 Å². The third-order valence-corrected chi connectivity index (χ3v) is 12.4. The summed E-state index contributed by atoms with van der Waals surface area (Å²) in [5.41, 5.74) is 17.1. The zero-order chi connectivity index (χ0) is 43.4. The van der Waals surface area contributed by atoms with Gasteiger partial charge in [-0.15, -0.1) is 0 Å². The Morgan fingerprint density at radius 3 is 1.22 bits per heavy atom. The Morgan fingerprint density at radius 1 is 0.323 bits per heavy atom. The van der Waals surface area contributed by atoms with Crippen LogP contribution < -0.4 is 10.2 Å². The highest BCUT2D eigenvalue weighted by atomic mass is 15.1. The molecule has 0 bridgehead atoms. The molecule has 0 saturated carbocycles. The second kappa shape index (κ2) is 17.7. The van der Waals surface area contributed by atoms with Crippen LogP contribution in [-0.4, -0.2) is 5.84 Å². The fourth-order valence-corrected chi connectivity index (χ4v) is 8.89. The van der Waals surface area contributed by atoms with E-state index in [1.807, 2.05) is 0 Å². The first kappa shape index (κ1) is 39.3. The second-order valence-electron chi connectivity index (χ2n) is 16.4. The molecule has 3 nitrogen and oxygen atoms in total. The van der Waals surface area contributed by atoms with Gasteiger partial charge in [0.05, 0.1) is 17.4 Å². The zero-order valence-electron chi connectivity index (χ0n) is 35.8. The van der Waals surface area contributed by atoms with E-state index < -0.39 is 0 Å². The number of anilines is 3. The van der Waals surface area contributed by atoms with E-state index in [-0.39, 0.29) is 6.04 Å². The van der Waals surface area contributed by atoms with Gasteiger partial charge in [-0.05, 0) is 97.4 Å². The fraction of sp³-hybridized carbons (Fsp3) is 0.0161. The Bertz CT molecular complexity index is 3260. The number of hydrogen-bond acceptors (Lipinski definition) is 3. The average molecular weight is 832 g/mol. The molecule has 3 heteroatoms. The number of hydrogen-bond donors (Lipinski definition) is 1. The second-order valence-corrected chi connectivity index (χ2v) is 16.4. The van der Waals surface area contributed by atoms with Crippen molar-refractivity contribution in [1.82, 2.24) is 5.32 Å².